The Bertz CT molecular complexity index is 386. The molecule has 16 heavy (non-hydrogen) atoms. The summed E-state index contributed by atoms with van der Waals surface area (Å²) >= 11 is 1.75. The van der Waals surface area contributed by atoms with Crippen LogP contribution in [0, 0.1) is 0 Å². The zero-order chi connectivity index (χ0) is 12.1. The van der Waals surface area contributed by atoms with Crippen LogP contribution in [-0.2, 0) is 12.8 Å². The highest BCUT2D eigenvalue weighted by atomic mass is 32.2. The molecule has 0 saturated carbocycles. The van der Waals surface area contributed by atoms with Crippen LogP contribution in [0.1, 0.15) is 42.3 Å². The van der Waals surface area contributed by atoms with Gasteiger partial charge in [-0.25, -0.2) is 4.79 Å². The van der Waals surface area contributed by atoms with E-state index in [4.69, 9.17) is 5.11 Å². The van der Waals surface area contributed by atoms with Gasteiger partial charge < -0.3 is 5.11 Å². The summed E-state index contributed by atoms with van der Waals surface area (Å²) in [5.74, 6) is 0.153. The number of carbonyl (C=O) groups is 1. The van der Waals surface area contributed by atoms with E-state index in [1.807, 2.05) is 13.0 Å². The second-order valence-electron chi connectivity index (χ2n) is 3.53. The molecule has 0 fully saturated rings. The fourth-order valence-electron chi connectivity index (χ4n) is 1.83. The van der Waals surface area contributed by atoms with Gasteiger partial charge in [-0.3, -0.25) is 0 Å². The second kappa shape index (κ2) is 5.94. The minimum Gasteiger partial charge on any atom is -0.478 e. The van der Waals surface area contributed by atoms with Crippen molar-refractivity contribution in [1.82, 2.24) is 0 Å². The van der Waals surface area contributed by atoms with Crippen LogP contribution in [0.15, 0.2) is 17.0 Å². The maximum atomic E-state index is 11.1. The van der Waals surface area contributed by atoms with E-state index in [0.717, 1.165) is 24.2 Å². The van der Waals surface area contributed by atoms with Gasteiger partial charge in [0.05, 0.1) is 5.56 Å². The highest BCUT2D eigenvalue weighted by Crippen LogP contribution is 2.30. The number of hydrogen-bond donors (Lipinski definition) is 1. The van der Waals surface area contributed by atoms with Crippen LogP contribution in [0.5, 0.6) is 0 Å². The van der Waals surface area contributed by atoms with Gasteiger partial charge in [-0.2, -0.15) is 0 Å². The van der Waals surface area contributed by atoms with Crippen molar-refractivity contribution >= 4 is 17.7 Å². The van der Waals surface area contributed by atoms with Gasteiger partial charge in [0.2, 0.25) is 0 Å². The lowest BCUT2D eigenvalue weighted by Crippen LogP contribution is -2.05. The summed E-state index contributed by atoms with van der Waals surface area (Å²) in [6.07, 6.45) is 1.73. The number of carboxylic acid groups (broad SMARTS) is 1. The molecule has 0 saturated heterocycles. The summed E-state index contributed by atoms with van der Waals surface area (Å²) in [5, 5.41) is 9.14. The fraction of sp³-hybridized carbons (Fsp3) is 0.462. The molecule has 0 radical (unpaired) electrons. The van der Waals surface area contributed by atoms with Crippen molar-refractivity contribution in [1.29, 1.82) is 0 Å². The molecule has 0 heterocycles. The van der Waals surface area contributed by atoms with Crippen LogP contribution < -0.4 is 0 Å². The molecule has 0 atom stereocenters. The van der Waals surface area contributed by atoms with Gasteiger partial charge in [-0.15, -0.1) is 11.8 Å². The molecule has 2 nitrogen and oxygen atoms in total. The predicted octanol–water partition coefficient (Wildman–Crippen LogP) is 3.62. The average molecular weight is 238 g/mol. The van der Waals surface area contributed by atoms with E-state index >= 15 is 0 Å². The average Bonchev–Trinajstić information content (AvgIpc) is 2.28. The maximum Gasteiger partial charge on any atom is 0.336 e. The van der Waals surface area contributed by atoms with Crippen molar-refractivity contribution in [3.05, 3.63) is 28.8 Å². The topological polar surface area (TPSA) is 37.3 Å². The van der Waals surface area contributed by atoms with E-state index in [2.05, 4.69) is 13.8 Å². The lowest BCUT2D eigenvalue weighted by Gasteiger charge is -2.14. The van der Waals surface area contributed by atoms with Crippen LogP contribution in [0.3, 0.4) is 0 Å². The number of aryl methyl sites for hydroxylation is 1. The van der Waals surface area contributed by atoms with E-state index in [0.29, 0.717) is 5.56 Å². The number of carboxylic acids is 1. The van der Waals surface area contributed by atoms with Crippen LogP contribution in [0.25, 0.3) is 0 Å². The lowest BCUT2D eigenvalue weighted by atomic mass is 10.0. The molecule has 1 aromatic rings. The number of rotatable bonds is 5. The van der Waals surface area contributed by atoms with Gasteiger partial charge in [-0.1, -0.05) is 26.8 Å². The van der Waals surface area contributed by atoms with Crippen molar-refractivity contribution in [2.24, 2.45) is 0 Å². The van der Waals surface area contributed by atoms with Crippen LogP contribution >= 0.6 is 11.8 Å². The Balaban J connectivity index is 3.36. The largest absolute Gasteiger partial charge is 0.478 e. The van der Waals surface area contributed by atoms with Gasteiger partial charge >= 0.3 is 5.97 Å². The number of benzene rings is 1. The molecule has 0 aliphatic carbocycles. The highest BCUT2D eigenvalue weighted by Gasteiger charge is 2.15. The first-order valence-electron chi connectivity index (χ1n) is 5.66. The van der Waals surface area contributed by atoms with E-state index in [-0.39, 0.29) is 0 Å². The van der Waals surface area contributed by atoms with Crippen molar-refractivity contribution in [2.45, 2.75) is 38.5 Å². The van der Waals surface area contributed by atoms with E-state index in [1.54, 1.807) is 17.8 Å². The SMILES string of the molecule is CCSc1c(CC)ccc(C(=O)O)c1CC. The Kier molecular flexibility index (Phi) is 4.87. The third-order valence-electron chi connectivity index (χ3n) is 2.60. The molecule has 0 aromatic heterocycles. The van der Waals surface area contributed by atoms with E-state index in [9.17, 15) is 4.79 Å². The van der Waals surface area contributed by atoms with Crippen LogP contribution in [0.4, 0.5) is 0 Å². The molecule has 0 spiro atoms. The van der Waals surface area contributed by atoms with Gasteiger partial charge in [0.25, 0.3) is 0 Å². The van der Waals surface area contributed by atoms with Crippen molar-refractivity contribution in [2.75, 3.05) is 5.75 Å². The molecular weight excluding hydrogens is 220 g/mol. The van der Waals surface area contributed by atoms with Gasteiger partial charge in [0.1, 0.15) is 0 Å². The quantitative estimate of drug-likeness (QED) is 0.796. The monoisotopic (exact) mass is 238 g/mol. The standard InChI is InChI=1S/C13H18O2S/c1-4-9-7-8-11(13(14)15)10(5-2)12(9)16-6-3/h7-8H,4-6H2,1-3H3,(H,14,15). The molecular formula is C13H18O2S. The Hall–Kier alpha value is -0.960. The Morgan fingerprint density at radius 1 is 1.25 bits per heavy atom. The van der Waals surface area contributed by atoms with Gasteiger partial charge in [-0.05, 0) is 35.8 Å². The van der Waals surface area contributed by atoms with Gasteiger partial charge in [0, 0.05) is 4.90 Å². The minimum atomic E-state index is -0.822. The molecule has 0 amide bonds. The number of aromatic carboxylic acids is 1. The molecule has 0 aliphatic rings. The first-order valence-corrected chi connectivity index (χ1v) is 6.65. The predicted molar refractivity (Wildman–Crippen MR) is 68.6 cm³/mol. The normalized spacial score (nSPS) is 10.4. The summed E-state index contributed by atoms with van der Waals surface area (Å²) < 4.78 is 0. The van der Waals surface area contributed by atoms with Crippen molar-refractivity contribution in [3.8, 4) is 0 Å². The van der Waals surface area contributed by atoms with Crippen LogP contribution in [0.2, 0.25) is 0 Å². The lowest BCUT2D eigenvalue weighted by molar-refractivity contribution is 0.0695. The van der Waals surface area contributed by atoms with Crippen molar-refractivity contribution in [3.63, 3.8) is 0 Å². The molecule has 0 unspecified atom stereocenters. The Morgan fingerprint density at radius 3 is 2.38 bits per heavy atom. The number of hydrogen-bond acceptors (Lipinski definition) is 2. The molecule has 3 heteroatoms. The maximum absolute atomic E-state index is 11.1. The second-order valence-corrected chi connectivity index (χ2v) is 4.80. The molecule has 1 rings (SSSR count). The smallest absolute Gasteiger partial charge is 0.336 e. The fourth-order valence-corrected chi connectivity index (χ4v) is 2.95. The third-order valence-corrected chi connectivity index (χ3v) is 3.68. The first kappa shape index (κ1) is 13.1. The molecule has 1 aromatic carbocycles. The molecule has 0 aliphatic heterocycles. The summed E-state index contributed by atoms with van der Waals surface area (Å²) in [5.41, 5.74) is 2.70. The molecule has 88 valence electrons. The Morgan fingerprint density at radius 2 is 1.94 bits per heavy atom. The van der Waals surface area contributed by atoms with E-state index < -0.39 is 5.97 Å². The van der Waals surface area contributed by atoms with Crippen molar-refractivity contribution < 1.29 is 9.90 Å². The van der Waals surface area contributed by atoms with Gasteiger partial charge in [0.15, 0.2) is 0 Å². The van der Waals surface area contributed by atoms with E-state index in [1.165, 1.54) is 10.5 Å². The highest BCUT2D eigenvalue weighted by molar-refractivity contribution is 7.99. The summed E-state index contributed by atoms with van der Waals surface area (Å²) in [4.78, 5) is 12.3. The first-order chi connectivity index (χ1) is 7.65. The minimum absolute atomic E-state index is 0.454. The number of thioether (sulfide) groups is 1. The summed E-state index contributed by atoms with van der Waals surface area (Å²) in [6, 6.07) is 3.68. The molecule has 0 bridgehead atoms. The summed E-state index contributed by atoms with van der Waals surface area (Å²) in [6.45, 7) is 6.22. The summed E-state index contributed by atoms with van der Waals surface area (Å²) in [7, 11) is 0. The zero-order valence-electron chi connectivity index (χ0n) is 10.0. The zero-order valence-corrected chi connectivity index (χ0v) is 10.9. The third kappa shape index (κ3) is 2.59. The Labute approximate surface area is 101 Å². The molecule has 1 N–H and O–H groups in total. The van der Waals surface area contributed by atoms with Crippen LogP contribution in [-0.4, -0.2) is 16.8 Å².